The Bertz CT molecular complexity index is 1830. The fourth-order valence-corrected chi connectivity index (χ4v) is 5.02. The van der Waals surface area contributed by atoms with Gasteiger partial charge in [-0.2, -0.15) is 18.4 Å². The van der Waals surface area contributed by atoms with E-state index in [0.717, 1.165) is 17.8 Å². The molecule has 0 spiro atoms. The molecule has 0 saturated heterocycles. The molecular weight excluding hydrogens is 574 g/mol. The average Bonchev–Trinajstić information content (AvgIpc) is 3.38. The van der Waals surface area contributed by atoms with E-state index in [0.29, 0.717) is 46.4 Å². The first-order valence-electron chi connectivity index (χ1n) is 13.8. The summed E-state index contributed by atoms with van der Waals surface area (Å²) in [6, 6.07) is 20.0. The minimum absolute atomic E-state index is 0.0996. The molecule has 7 nitrogen and oxygen atoms in total. The molecule has 2 heterocycles. The molecule has 0 unspecified atom stereocenters. The molecule has 5 rings (SSSR count). The Morgan fingerprint density at radius 2 is 1.84 bits per heavy atom. The fraction of sp³-hybridized carbons (Fsp3) is 0.212. The Hall–Kier alpha value is -5.24. The van der Waals surface area contributed by atoms with Gasteiger partial charge in [-0.05, 0) is 85.6 Å². The van der Waals surface area contributed by atoms with E-state index in [-0.39, 0.29) is 18.5 Å². The Morgan fingerprint density at radius 3 is 2.48 bits per heavy atom. The highest BCUT2D eigenvalue weighted by Gasteiger charge is 2.34. The minimum atomic E-state index is -4.85. The standard InChI is InChI=1S/C33H27F4N5O2/c1-3-44-26-10-8-25(9-11-26)42-30-13-7-23(18-38)16-29(30)40-32(42)21(2)41(20-24-5-4-14-39-19-24)31(43)17-22-6-12-27(28(34)15-22)33(35,36)37/h4-16,19,21H,3,17,20H2,1-2H3/t21-/m1/s1. The van der Waals surface area contributed by atoms with E-state index in [1.807, 2.05) is 35.8 Å². The lowest BCUT2D eigenvalue weighted by Crippen LogP contribution is -2.35. The molecule has 3 aromatic carbocycles. The summed E-state index contributed by atoms with van der Waals surface area (Å²) in [6.45, 7) is 4.28. The topological polar surface area (TPSA) is 84.0 Å². The van der Waals surface area contributed by atoms with Gasteiger partial charge in [0.05, 0.1) is 47.3 Å². The van der Waals surface area contributed by atoms with Crippen molar-refractivity contribution in [3.8, 4) is 17.5 Å². The van der Waals surface area contributed by atoms with Crippen molar-refractivity contribution >= 4 is 16.9 Å². The maximum absolute atomic E-state index is 14.4. The van der Waals surface area contributed by atoms with Crippen molar-refractivity contribution in [1.29, 1.82) is 5.26 Å². The number of carbonyl (C=O) groups excluding carboxylic acids is 1. The number of aromatic nitrogens is 3. The summed E-state index contributed by atoms with van der Waals surface area (Å²) in [6.07, 6.45) is -1.98. The molecule has 0 fully saturated rings. The number of hydrogen-bond acceptors (Lipinski definition) is 5. The number of amides is 1. The van der Waals surface area contributed by atoms with Crippen LogP contribution in [0.15, 0.2) is 85.2 Å². The lowest BCUT2D eigenvalue weighted by molar-refractivity contribution is -0.140. The second-order valence-corrected chi connectivity index (χ2v) is 10.1. The Kier molecular flexibility index (Phi) is 8.62. The summed E-state index contributed by atoms with van der Waals surface area (Å²) in [4.78, 5) is 24.4. The van der Waals surface area contributed by atoms with Gasteiger partial charge in [0.15, 0.2) is 0 Å². The van der Waals surface area contributed by atoms with E-state index < -0.39 is 29.5 Å². The van der Waals surface area contributed by atoms with E-state index in [2.05, 4.69) is 11.1 Å². The summed E-state index contributed by atoms with van der Waals surface area (Å²) >= 11 is 0. The molecule has 1 atom stereocenters. The second-order valence-electron chi connectivity index (χ2n) is 10.1. The van der Waals surface area contributed by atoms with Crippen LogP contribution < -0.4 is 4.74 Å². The van der Waals surface area contributed by atoms with Crippen molar-refractivity contribution in [2.24, 2.45) is 0 Å². The molecule has 224 valence electrons. The zero-order valence-electron chi connectivity index (χ0n) is 23.8. The molecule has 0 aliphatic carbocycles. The third kappa shape index (κ3) is 6.39. The molecule has 0 aliphatic rings. The smallest absolute Gasteiger partial charge is 0.419 e. The number of alkyl halides is 3. The van der Waals surface area contributed by atoms with E-state index in [9.17, 15) is 27.6 Å². The van der Waals surface area contributed by atoms with Gasteiger partial charge in [-0.25, -0.2) is 9.37 Å². The first kappa shape index (κ1) is 30.2. The molecule has 5 aromatic rings. The van der Waals surface area contributed by atoms with E-state index >= 15 is 0 Å². The Morgan fingerprint density at radius 1 is 1.07 bits per heavy atom. The summed E-state index contributed by atoms with van der Waals surface area (Å²) in [5.74, 6) is -0.738. The summed E-state index contributed by atoms with van der Waals surface area (Å²) in [7, 11) is 0. The van der Waals surface area contributed by atoms with Crippen molar-refractivity contribution in [3.63, 3.8) is 0 Å². The van der Waals surface area contributed by atoms with E-state index in [1.165, 1.54) is 4.90 Å². The van der Waals surface area contributed by atoms with Crippen molar-refractivity contribution in [3.05, 3.63) is 119 Å². The molecule has 1 amide bonds. The molecule has 0 saturated carbocycles. The number of fused-ring (bicyclic) bond motifs is 1. The minimum Gasteiger partial charge on any atom is -0.494 e. The van der Waals surface area contributed by atoms with Gasteiger partial charge in [0.2, 0.25) is 5.91 Å². The molecule has 44 heavy (non-hydrogen) atoms. The average molecular weight is 602 g/mol. The number of pyridine rings is 1. The Balaban J connectivity index is 1.58. The van der Waals surface area contributed by atoms with Gasteiger partial charge in [-0.15, -0.1) is 0 Å². The van der Waals surface area contributed by atoms with E-state index in [1.54, 1.807) is 49.6 Å². The largest absolute Gasteiger partial charge is 0.494 e. The van der Waals surface area contributed by atoms with Crippen LogP contribution in [-0.2, 0) is 23.9 Å². The van der Waals surface area contributed by atoms with Crippen LogP contribution in [-0.4, -0.2) is 31.9 Å². The lowest BCUT2D eigenvalue weighted by Gasteiger charge is -2.30. The predicted molar refractivity (Wildman–Crippen MR) is 155 cm³/mol. The first-order valence-corrected chi connectivity index (χ1v) is 13.8. The van der Waals surface area contributed by atoms with Gasteiger partial charge in [-0.3, -0.25) is 14.3 Å². The van der Waals surface area contributed by atoms with Crippen LogP contribution in [0.2, 0.25) is 0 Å². The molecule has 0 aliphatic heterocycles. The van der Waals surface area contributed by atoms with Crippen LogP contribution in [0.1, 0.15) is 48.0 Å². The van der Waals surface area contributed by atoms with Gasteiger partial charge in [0.1, 0.15) is 17.4 Å². The van der Waals surface area contributed by atoms with Crippen LogP contribution in [0.25, 0.3) is 16.7 Å². The monoisotopic (exact) mass is 601 g/mol. The zero-order chi connectivity index (χ0) is 31.4. The third-order valence-corrected chi connectivity index (χ3v) is 7.15. The van der Waals surface area contributed by atoms with Crippen molar-refractivity contribution in [2.45, 2.75) is 39.0 Å². The highest BCUT2D eigenvalue weighted by Crippen LogP contribution is 2.33. The normalized spacial score (nSPS) is 12.1. The second kappa shape index (κ2) is 12.6. The number of ether oxygens (including phenoxy) is 1. The predicted octanol–water partition coefficient (Wildman–Crippen LogP) is 7.18. The fourth-order valence-electron chi connectivity index (χ4n) is 5.02. The number of nitrogens with zero attached hydrogens (tertiary/aromatic N) is 5. The molecule has 11 heteroatoms. The maximum Gasteiger partial charge on any atom is 0.419 e. The summed E-state index contributed by atoms with van der Waals surface area (Å²) < 4.78 is 61.2. The van der Waals surface area contributed by atoms with Gasteiger partial charge in [0, 0.05) is 24.6 Å². The quantitative estimate of drug-likeness (QED) is 0.167. The number of carbonyl (C=O) groups is 1. The number of halogens is 4. The van der Waals surface area contributed by atoms with Crippen LogP contribution in [0.5, 0.6) is 5.75 Å². The van der Waals surface area contributed by atoms with Gasteiger partial charge < -0.3 is 9.64 Å². The number of rotatable bonds is 9. The third-order valence-electron chi connectivity index (χ3n) is 7.15. The highest BCUT2D eigenvalue weighted by molar-refractivity contribution is 5.82. The van der Waals surface area contributed by atoms with Crippen LogP contribution in [0.3, 0.4) is 0 Å². The van der Waals surface area contributed by atoms with Crippen molar-refractivity contribution in [2.75, 3.05) is 6.61 Å². The molecule has 0 bridgehead atoms. The lowest BCUT2D eigenvalue weighted by atomic mass is 10.1. The molecule has 2 aromatic heterocycles. The van der Waals surface area contributed by atoms with Crippen LogP contribution >= 0.6 is 0 Å². The Labute approximate surface area is 251 Å². The van der Waals surface area contributed by atoms with Crippen molar-refractivity contribution in [1.82, 2.24) is 19.4 Å². The maximum atomic E-state index is 14.4. The van der Waals surface area contributed by atoms with Gasteiger partial charge >= 0.3 is 6.18 Å². The molecular formula is C33H27F4N5O2. The molecule has 0 N–H and O–H groups in total. The SMILES string of the molecule is CCOc1ccc(-n2c([C@@H](C)N(Cc3cccnc3)C(=O)Cc3ccc(C(F)(F)F)c(F)c3)nc3cc(C#N)ccc32)cc1. The highest BCUT2D eigenvalue weighted by atomic mass is 19.4. The van der Waals surface area contributed by atoms with Crippen molar-refractivity contribution < 1.29 is 27.1 Å². The number of imidazole rings is 1. The summed E-state index contributed by atoms with van der Waals surface area (Å²) in [5.41, 5.74) is 1.81. The molecule has 0 radical (unpaired) electrons. The van der Waals surface area contributed by atoms with Crippen LogP contribution in [0, 0.1) is 17.1 Å². The van der Waals surface area contributed by atoms with Gasteiger partial charge in [0.25, 0.3) is 0 Å². The number of nitriles is 1. The first-order chi connectivity index (χ1) is 21.1. The van der Waals surface area contributed by atoms with Gasteiger partial charge in [-0.1, -0.05) is 12.1 Å². The van der Waals surface area contributed by atoms with Crippen LogP contribution in [0.4, 0.5) is 17.6 Å². The van der Waals surface area contributed by atoms with E-state index in [4.69, 9.17) is 9.72 Å². The summed E-state index contributed by atoms with van der Waals surface area (Å²) in [5, 5.41) is 9.48. The number of benzene rings is 3. The number of hydrogen-bond donors (Lipinski definition) is 0. The zero-order valence-corrected chi connectivity index (χ0v) is 23.8.